The SMILES string of the molecule is CC(CNC(=O)c1cnccc1N)N(C)C.Cl.Cl. The number of amides is 1. The fourth-order valence-electron chi connectivity index (χ4n) is 1.11. The number of nitrogen functional groups attached to an aromatic ring is 1. The standard InChI is InChI=1S/C11H18N4O.2ClH/c1-8(15(2)3)6-14-11(16)9-7-13-5-4-10(9)12;;/h4-5,7-8H,6H2,1-3H3,(H2,12,13)(H,14,16);2*1H. The minimum Gasteiger partial charge on any atom is -0.398 e. The lowest BCUT2D eigenvalue weighted by atomic mass is 10.2. The molecule has 0 aliphatic heterocycles. The third kappa shape index (κ3) is 5.53. The summed E-state index contributed by atoms with van der Waals surface area (Å²) in [5.41, 5.74) is 6.55. The number of carbonyl (C=O) groups is 1. The Morgan fingerprint density at radius 1 is 1.50 bits per heavy atom. The molecular formula is C11H20Cl2N4O. The maximum absolute atomic E-state index is 11.7. The summed E-state index contributed by atoms with van der Waals surface area (Å²) in [7, 11) is 3.94. The molecule has 1 amide bonds. The molecule has 1 aromatic heterocycles. The van der Waals surface area contributed by atoms with Crippen LogP contribution in [0.1, 0.15) is 17.3 Å². The Morgan fingerprint density at radius 3 is 2.61 bits per heavy atom. The molecule has 1 aromatic rings. The number of rotatable bonds is 4. The van der Waals surface area contributed by atoms with E-state index in [0.29, 0.717) is 17.8 Å². The molecule has 1 heterocycles. The van der Waals surface area contributed by atoms with Crippen molar-refractivity contribution >= 4 is 36.4 Å². The molecule has 0 bridgehead atoms. The third-order valence-corrected chi connectivity index (χ3v) is 2.54. The van der Waals surface area contributed by atoms with Gasteiger partial charge in [-0.2, -0.15) is 0 Å². The molecule has 0 saturated carbocycles. The smallest absolute Gasteiger partial charge is 0.255 e. The minimum atomic E-state index is -0.181. The van der Waals surface area contributed by atoms with E-state index >= 15 is 0 Å². The van der Waals surface area contributed by atoms with E-state index in [1.807, 2.05) is 25.9 Å². The van der Waals surface area contributed by atoms with Crippen LogP contribution in [0.3, 0.4) is 0 Å². The Morgan fingerprint density at radius 2 is 2.11 bits per heavy atom. The van der Waals surface area contributed by atoms with E-state index in [1.54, 1.807) is 12.3 Å². The Bertz CT molecular complexity index is 374. The average Bonchev–Trinajstić information content (AvgIpc) is 2.25. The highest BCUT2D eigenvalue weighted by atomic mass is 35.5. The van der Waals surface area contributed by atoms with E-state index in [4.69, 9.17) is 5.73 Å². The monoisotopic (exact) mass is 294 g/mol. The number of nitrogens with zero attached hydrogens (tertiary/aromatic N) is 2. The van der Waals surface area contributed by atoms with Gasteiger partial charge in [-0.05, 0) is 27.1 Å². The van der Waals surface area contributed by atoms with Crippen molar-refractivity contribution in [2.75, 3.05) is 26.4 Å². The average molecular weight is 295 g/mol. The number of halogens is 2. The van der Waals surface area contributed by atoms with Crippen LogP contribution in [-0.4, -0.2) is 42.5 Å². The molecule has 3 N–H and O–H groups in total. The molecule has 0 fully saturated rings. The normalized spacial score (nSPS) is 11.1. The van der Waals surface area contributed by atoms with Crippen LogP contribution in [-0.2, 0) is 0 Å². The molecule has 1 atom stereocenters. The summed E-state index contributed by atoms with van der Waals surface area (Å²) < 4.78 is 0. The van der Waals surface area contributed by atoms with Gasteiger partial charge in [0.05, 0.1) is 5.56 Å². The van der Waals surface area contributed by atoms with Crippen LogP contribution in [0.4, 0.5) is 5.69 Å². The predicted molar refractivity (Wildman–Crippen MR) is 78.6 cm³/mol. The Hall–Kier alpha value is -1.04. The molecule has 0 spiro atoms. The quantitative estimate of drug-likeness (QED) is 0.875. The van der Waals surface area contributed by atoms with E-state index in [9.17, 15) is 4.79 Å². The summed E-state index contributed by atoms with van der Waals surface area (Å²) in [5, 5.41) is 2.82. The van der Waals surface area contributed by atoms with Crippen molar-refractivity contribution < 1.29 is 4.79 Å². The summed E-state index contributed by atoms with van der Waals surface area (Å²) in [5.74, 6) is -0.181. The van der Waals surface area contributed by atoms with E-state index in [2.05, 4.69) is 10.3 Å². The molecule has 5 nitrogen and oxygen atoms in total. The maximum Gasteiger partial charge on any atom is 0.255 e. The zero-order valence-corrected chi connectivity index (χ0v) is 12.3. The van der Waals surface area contributed by atoms with Crippen LogP contribution in [0.5, 0.6) is 0 Å². The Kier molecular flexibility index (Phi) is 9.61. The van der Waals surface area contributed by atoms with Crippen molar-refractivity contribution in [2.24, 2.45) is 0 Å². The van der Waals surface area contributed by atoms with Gasteiger partial charge in [-0.3, -0.25) is 9.78 Å². The molecule has 1 unspecified atom stereocenters. The van der Waals surface area contributed by atoms with Crippen molar-refractivity contribution in [3.8, 4) is 0 Å². The highest BCUT2D eigenvalue weighted by molar-refractivity contribution is 5.98. The number of carbonyl (C=O) groups excluding carboxylic acids is 1. The molecule has 0 radical (unpaired) electrons. The fourth-order valence-corrected chi connectivity index (χ4v) is 1.11. The van der Waals surface area contributed by atoms with Crippen molar-refractivity contribution in [1.29, 1.82) is 0 Å². The zero-order chi connectivity index (χ0) is 12.1. The van der Waals surface area contributed by atoms with Crippen molar-refractivity contribution in [1.82, 2.24) is 15.2 Å². The largest absolute Gasteiger partial charge is 0.398 e. The number of nitrogens with two attached hydrogens (primary N) is 1. The second kappa shape index (κ2) is 8.97. The number of anilines is 1. The second-order valence-electron chi connectivity index (χ2n) is 3.99. The number of likely N-dealkylation sites (N-methyl/N-ethyl adjacent to an activating group) is 1. The number of hydrogen-bond acceptors (Lipinski definition) is 4. The van der Waals surface area contributed by atoms with Crippen LogP contribution >= 0.6 is 24.8 Å². The first-order chi connectivity index (χ1) is 7.52. The number of nitrogens with one attached hydrogen (secondary N) is 1. The summed E-state index contributed by atoms with van der Waals surface area (Å²) >= 11 is 0. The molecule has 0 saturated heterocycles. The summed E-state index contributed by atoms with van der Waals surface area (Å²) in [6, 6.07) is 1.89. The predicted octanol–water partition coefficient (Wildman–Crippen LogP) is 1.19. The van der Waals surface area contributed by atoms with Crippen molar-refractivity contribution in [3.63, 3.8) is 0 Å². The van der Waals surface area contributed by atoms with Crippen LogP contribution in [0, 0.1) is 0 Å². The van der Waals surface area contributed by atoms with Gasteiger partial charge in [0.15, 0.2) is 0 Å². The highest BCUT2D eigenvalue weighted by Gasteiger charge is 2.11. The van der Waals surface area contributed by atoms with Gasteiger partial charge < -0.3 is 16.0 Å². The minimum absolute atomic E-state index is 0. The molecular weight excluding hydrogens is 275 g/mol. The van der Waals surface area contributed by atoms with E-state index < -0.39 is 0 Å². The van der Waals surface area contributed by atoms with Crippen molar-refractivity contribution in [3.05, 3.63) is 24.0 Å². The van der Waals surface area contributed by atoms with Crippen LogP contribution in [0.25, 0.3) is 0 Å². The van der Waals surface area contributed by atoms with Crippen LogP contribution < -0.4 is 11.1 Å². The van der Waals surface area contributed by atoms with Gasteiger partial charge in [0.25, 0.3) is 5.91 Å². The Balaban J connectivity index is 0. The lowest BCUT2D eigenvalue weighted by Crippen LogP contribution is -2.38. The van der Waals surface area contributed by atoms with Crippen LogP contribution in [0.15, 0.2) is 18.5 Å². The molecule has 1 rings (SSSR count). The molecule has 0 aromatic carbocycles. The maximum atomic E-state index is 11.7. The molecule has 104 valence electrons. The fraction of sp³-hybridized carbons (Fsp3) is 0.455. The van der Waals surface area contributed by atoms with Gasteiger partial charge in [-0.15, -0.1) is 24.8 Å². The number of hydrogen-bond donors (Lipinski definition) is 2. The zero-order valence-electron chi connectivity index (χ0n) is 10.7. The van der Waals surface area contributed by atoms with Gasteiger partial charge in [-0.25, -0.2) is 0 Å². The van der Waals surface area contributed by atoms with E-state index in [1.165, 1.54) is 6.20 Å². The number of aromatic nitrogens is 1. The summed E-state index contributed by atoms with van der Waals surface area (Å²) in [4.78, 5) is 17.7. The van der Waals surface area contributed by atoms with Gasteiger partial charge in [0.2, 0.25) is 0 Å². The number of pyridine rings is 1. The second-order valence-corrected chi connectivity index (χ2v) is 3.99. The van der Waals surface area contributed by atoms with Crippen LogP contribution in [0.2, 0.25) is 0 Å². The van der Waals surface area contributed by atoms with Crippen molar-refractivity contribution in [2.45, 2.75) is 13.0 Å². The molecule has 7 heteroatoms. The first kappa shape index (κ1) is 19.3. The summed E-state index contributed by atoms with van der Waals surface area (Å²) in [6.07, 6.45) is 3.04. The molecule has 0 aliphatic carbocycles. The lowest BCUT2D eigenvalue weighted by molar-refractivity contribution is 0.0944. The first-order valence-electron chi connectivity index (χ1n) is 5.16. The highest BCUT2D eigenvalue weighted by Crippen LogP contribution is 2.07. The van der Waals surface area contributed by atoms with E-state index in [-0.39, 0.29) is 36.8 Å². The van der Waals surface area contributed by atoms with E-state index in [0.717, 1.165) is 0 Å². The van der Waals surface area contributed by atoms with Gasteiger partial charge in [-0.1, -0.05) is 0 Å². The molecule has 18 heavy (non-hydrogen) atoms. The first-order valence-corrected chi connectivity index (χ1v) is 5.16. The van der Waals surface area contributed by atoms with Gasteiger partial charge in [0, 0.05) is 30.7 Å². The third-order valence-electron chi connectivity index (χ3n) is 2.54. The van der Waals surface area contributed by atoms with Gasteiger partial charge >= 0.3 is 0 Å². The Labute approximate surface area is 120 Å². The van der Waals surface area contributed by atoms with Gasteiger partial charge in [0.1, 0.15) is 0 Å². The molecule has 0 aliphatic rings. The lowest BCUT2D eigenvalue weighted by Gasteiger charge is -2.20. The summed E-state index contributed by atoms with van der Waals surface area (Å²) in [6.45, 7) is 2.62. The topological polar surface area (TPSA) is 71.2 Å².